The summed E-state index contributed by atoms with van der Waals surface area (Å²) in [6.45, 7) is 1.73. The highest BCUT2D eigenvalue weighted by atomic mass is 16.5. The molecule has 4 heteroatoms. The maximum Gasteiger partial charge on any atom is 0.337 e. The van der Waals surface area contributed by atoms with Gasteiger partial charge in [-0.15, -0.1) is 0 Å². The number of hydrogen-bond acceptors (Lipinski definition) is 4. The molecule has 4 nitrogen and oxygen atoms in total. The number of hydrogen-bond donors (Lipinski definition) is 1. The van der Waals surface area contributed by atoms with E-state index in [1.54, 1.807) is 31.2 Å². The van der Waals surface area contributed by atoms with Crippen LogP contribution in [0, 0.1) is 6.92 Å². The number of methoxy groups -OCH3 is 1. The van der Waals surface area contributed by atoms with E-state index in [0.717, 1.165) is 5.52 Å². The first-order valence-corrected chi connectivity index (χ1v) is 4.80. The third-order valence-corrected chi connectivity index (χ3v) is 2.40. The first-order valence-electron chi connectivity index (χ1n) is 4.80. The van der Waals surface area contributed by atoms with Crippen LogP contribution < -0.4 is 0 Å². The first-order chi connectivity index (χ1) is 7.61. The van der Waals surface area contributed by atoms with E-state index in [1.165, 1.54) is 7.11 Å². The predicted molar refractivity (Wildman–Crippen MR) is 59.5 cm³/mol. The molecule has 82 valence electrons. The number of benzene rings is 1. The molecule has 16 heavy (non-hydrogen) atoms. The number of esters is 1. The zero-order valence-electron chi connectivity index (χ0n) is 9.02. The molecular weight excluding hydrogens is 206 g/mol. The minimum Gasteiger partial charge on any atom is -0.506 e. The van der Waals surface area contributed by atoms with E-state index >= 15 is 0 Å². The molecule has 0 aliphatic carbocycles. The highest BCUT2D eigenvalue weighted by molar-refractivity contribution is 5.94. The van der Waals surface area contributed by atoms with E-state index in [-0.39, 0.29) is 5.75 Å². The maximum atomic E-state index is 11.3. The Balaban J connectivity index is 2.62. The van der Waals surface area contributed by atoms with Crippen molar-refractivity contribution in [2.45, 2.75) is 6.92 Å². The number of carbonyl (C=O) groups excluding carboxylic acids is 1. The van der Waals surface area contributed by atoms with Gasteiger partial charge in [0.05, 0.1) is 23.9 Å². The van der Waals surface area contributed by atoms with Crippen molar-refractivity contribution in [1.29, 1.82) is 0 Å². The Morgan fingerprint density at radius 2 is 2.12 bits per heavy atom. The molecule has 1 N–H and O–H groups in total. The van der Waals surface area contributed by atoms with Gasteiger partial charge in [-0.25, -0.2) is 9.78 Å². The molecule has 0 saturated heterocycles. The van der Waals surface area contributed by atoms with Gasteiger partial charge in [-0.2, -0.15) is 0 Å². The molecule has 0 radical (unpaired) electrons. The molecule has 0 aliphatic heterocycles. The van der Waals surface area contributed by atoms with Gasteiger partial charge >= 0.3 is 5.97 Å². The Kier molecular flexibility index (Phi) is 2.48. The van der Waals surface area contributed by atoms with E-state index in [0.29, 0.717) is 16.6 Å². The summed E-state index contributed by atoms with van der Waals surface area (Å²) < 4.78 is 4.62. The normalized spacial score (nSPS) is 10.4. The van der Waals surface area contributed by atoms with Crippen molar-refractivity contribution in [2.75, 3.05) is 7.11 Å². The smallest absolute Gasteiger partial charge is 0.337 e. The van der Waals surface area contributed by atoms with Crippen molar-refractivity contribution in [3.05, 3.63) is 35.5 Å². The van der Waals surface area contributed by atoms with Gasteiger partial charge in [-0.3, -0.25) is 0 Å². The van der Waals surface area contributed by atoms with Crippen LogP contribution in [0.2, 0.25) is 0 Å². The van der Waals surface area contributed by atoms with Gasteiger partial charge in [0.25, 0.3) is 0 Å². The average Bonchev–Trinajstić information content (AvgIpc) is 2.29. The van der Waals surface area contributed by atoms with E-state index in [9.17, 15) is 9.90 Å². The molecule has 1 aromatic carbocycles. The summed E-state index contributed by atoms with van der Waals surface area (Å²) in [5.74, 6) is -0.281. The summed E-state index contributed by atoms with van der Waals surface area (Å²) in [4.78, 5) is 15.5. The minimum absolute atomic E-state index is 0.120. The summed E-state index contributed by atoms with van der Waals surface area (Å²) in [5, 5.41) is 10.2. The molecule has 0 atom stereocenters. The zero-order valence-corrected chi connectivity index (χ0v) is 9.02. The molecule has 0 unspecified atom stereocenters. The fraction of sp³-hybridized carbons (Fsp3) is 0.167. The number of pyridine rings is 1. The molecule has 1 aromatic heterocycles. The number of aromatic hydroxyl groups is 1. The monoisotopic (exact) mass is 217 g/mol. The largest absolute Gasteiger partial charge is 0.506 e. The Hall–Kier alpha value is -2.10. The number of ether oxygens (including phenoxy) is 1. The van der Waals surface area contributed by atoms with E-state index < -0.39 is 5.97 Å². The van der Waals surface area contributed by atoms with Crippen LogP contribution in [-0.2, 0) is 4.74 Å². The number of fused-ring (bicyclic) bond motifs is 1. The Labute approximate surface area is 92.5 Å². The van der Waals surface area contributed by atoms with Gasteiger partial charge in [0.1, 0.15) is 5.75 Å². The topological polar surface area (TPSA) is 59.4 Å². The van der Waals surface area contributed by atoms with Gasteiger partial charge in [0, 0.05) is 5.39 Å². The molecule has 0 amide bonds. The molecule has 2 aromatic rings. The van der Waals surface area contributed by atoms with Gasteiger partial charge in [-0.05, 0) is 31.2 Å². The zero-order chi connectivity index (χ0) is 11.7. The second-order valence-electron chi connectivity index (χ2n) is 3.49. The summed E-state index contributed by atoms with van der Waals surface area (Å²) in [7, 11) is 1.33. The van der Waals surface area contributed by atoms with Crippen LogP contribution in [0.5, 0.6) is 5.75 Å². The summed E-state index contributed by atoms with van der Waals surface area (Å²) in [6.07, 6.45) is 0. The van der Waals surface area contributed by atoms with Crippen molar-refractivity contribution in [3.63, 3.8) is 0 Å². The number of nitrogens with zero attached hydrogens (tertiary/aromatic N) is 1. The van der Waals surface area contributed by atoms with Crippen LogP contribution >= 0.6 is 0 Å². The molecule has 0 bridgehead atoms. The van der Waals surface area contributed by atoms with Crippen LogP contribution in [0.4, 0.5) is 0 Å². The Morgan fingerprint density at radius 1 is 1.38 bits per heavy atom. The first kappa shape index (κ1) is 10.4. The summed E-state index contributed by atoms with van der Waals surface area (Å²) >= 11 is 0. The quantitative estimate of drug-likeness (QED) is 0.742. The lowest BCUT2D eigenvalue weighted by molar-refractivity contribution is 0.0601. The lowest BCUT2D eigenvalue weighted by Gasteiger charge is -2.04. The molecule has 1 heterocycles. The highest BCUT2D eigenvalue weighted by Gasteiger charge is 2.07. The fourth-order valence-electron chi connectivity index (χ4n) is 1.51. The molecule has 0 fully saturated rings. The van der Waals surface area contributed by atoms with Crippen molar-refractivity contribution < 1.29 is 14.6 Å². The van der Waals surface area contributed by atoms with Gasteiger partial charge in [-0.1, -0.05) is 0 Å². The molecular formula is C12H11NO3. The van der Waals surface area contributed by atoms with Crippen LogP contribution in [-0.4, -0.2) is 23.2 Å². The van der Waals surface area contributed by atoms with Gasteiger partial charge < -0.3 is 9.84 Å². The SMILES string of the molecule is COC(=O)c1ccc2nc(C)c(O)cc2c1. The minimum atomic E-state index is -0.401. The average molecular weight is 217 g/mol. The van der Waals surface area contributed by atoms with Gasteiger partial charge in [0.15, 0.2) is 0 Å². The molecule has 0 aliphatic rings. The second kappa shape index (κ2) is 3.81. The van der Waals surface area contributed by atoms with Crippen LogP contribution in [0.3, 0.4) is 0 Å². The lowest BCUT2D eigenvalue weighted by atomic mass is 10.1. The Bertz CT molecular complexity index is 563. The summed E-state index contributed by atoms with van der Waals surface area (Å²) in [6, 6.07) is 6.61. The Morgan fingerprint density at radius 3 is 2.81 bits per heavy atom. The third-order valence-electron chi connectivity index (χ3n) is 2.40. The summed E-state index contributed by atoms with van der Waals surface area (Å²) in [5.41, 5.74) is 1.75. The van der Waals surface area contributed by atoms with Crippen molar-refractivity contribution >= 4 is 16.9 Å². The number of rotatable bonds is 1. The number of aromatic nitrogens is 1. The van der Waals surface area contributed by atoms with Crippen LogP contribution in [0.25, 0.3) is 10.9 Å². The van der Waals surface area contributed by atoms with Crippen LogP contribution in [0.1, 0.15) is 16.1 Å². The second-order valence-corrected chi connectivity index (χ2v) is 3.49. The van der Waals surface area contributed by atoms with Crippen molar-refractivity contribution in [3.8, 4) is 5.75 Å². The standard InChI is InChI=1S/C12H11NO3/c1-7-11(14)6-9-5-8(12(15)16-2)3-4-10(9)13-7/h3-6,14H,1-2H3. The predicted octanol–water partition coefficient (Wildman–Crippen LogP) is 2.04. The number of aryl methyl sites for hydroxylation is 1. The maximum absolute atomic E-state index is 11.3. The van der Waals surface area contributed by atoms with E-state index in [2.05, 4.69) is 9.72 Å². The lowest BCUT2D eigenvalue weighted by Crippen LogP contribution is -2.00. The van der Waals surface area contributed by atoms with Crippen LogP contribution in [0.15, 0.2) is 24.3 Å². The van der Waals surface area contributed by atoms with E-state index in [1.807, 2.05) is 0 Å². The van der Waals surface area contributed by atoms with E-state index in [4.69, 9.17) is 0 Å². The number of carbonyl (C=O) groups is 1. The third kappa shape index (κ3) is 1.69. The molecule has 0 saturated carbocycles. The van der Waals surface area contributed by atoms with Gasteiger partial charge in [0.2, 0.25) is 0 Å². The molecule has 0 spiro atoms. The highest BCUT2D eigenvalue weighted by Crippen LogP contribution is 2.22. The molecule has 2 rings (SSSR count). The fourth-order valence-corrected chi connectivity index (χ4v) is 1.51. The van der Waals surface area contributed by atoms with Crippen molar-refractivity contribution in [2.24, 2.45) is 0 Å². The van der Waals surface area contributed by atoms with Crippen molar-refractivity contribution in [1.82, 2.24) is 4.98 Å².